The van der Waals surface area contributed by atoms with E-state index in [1.54, 1.807) is 4.90 Å². The summed E-state index contributed by atoms with van der Waals surface area (Å²) in [6.45, 7) is 4.38. The predicted octanol–water partition coefficient (Wildman–Crippen LogP) is 4.31. The number of likely N-dealkylation sites (tertiary alicyclic amines) is 1. The third-order valence-corrected chi connectivity index (χ3v) is 9.37. The Morgan fingerprint density at radius 1 is 1.04 bits per heavy atom. The molecule has 0 saturated carbocycles. The quantitative estimate of drug-likeness (QED) is 0.306. The number of amides is 3. The summed E-state index contributed by atoms with van der Waals surface area (Å²) in [5.41, 5.74) is 4.44. The number of rotatable bonds is 7. The molecule has 46 heavy (non-hydrogen) atoms. The van der Waals surface area contributed by atoms with Crippen LogP contribution in [0.5, 0.6) is 0 Å². The number of allylic oxidation sites excluding steroid dienone is 2. The monoisotopic (exact) mass is 631 g/mol. The molecule has 0 spiro atoms. The molecule has 10 heteroatoms. The maximum atomic E-state index is 13.4. The smallest absolute Gasteiger partial charge is 0.407 e. The topological polar surface area (TPSA) is 134 Å². The number of nitrogens with one attached hydrogen (secondary N) is 2. The van der Waals surface area contributed by atoms with Crippen LogP contribution in [-0.4, -0.2) is 78.4 Å². The molecule has 0 radical (unpaired) electrons. The maximum absolute atomic E-state index is 13.4. The summed E-state index contributed by atoms with van der Waals surface area (Å²) in [6, 6.07) is 14.5. The summed E-state index contributed by atoms with van der Waals surface area (Å²) in [7, 11) is 0. The van der Waals surface area contributed by atoms with Gasteiger partial charge in [0.15, 0.2) is 0 Å². The molecule has 10 nitrogen and oxygen atoms in total. The van der Waals surface area contributed by atoms with Gasteiger partial charge in [0.2, 0.25) is 11.8 Å². The lowest BCUT2D eigenvalue weighted by Gasteiger charge is -2.27. The summed E-state index contributed by atoms with van der Waals surface area (Å²) in [4.78, 5) is 54.4. The molecule has 0 unspecified atom stereocenters. The molecular formula is C36H45N3O7. The minimum atomic E-state index is -0.937. The fraction of sp³-hybridized carbons (Fsp3) is 0.500. The summed E-state index contributed by atoms with van der Waals surface area (Å²) < 4.78 is 11.3. The predicted molar refractivity (Wildman–Crippen MR) is 173 cm³/mol. The highest BCUT2D eigenvalue weighted by molar-refractivity contribution is 5.86. The van der Waals surface area contributed by atoms with Crippen LogP contribution in [0.3, 0.4) is 0 Å². The number of aliphatic hydroxyl groups excluding tert-OH is 1. The molecule has 0 bridgehead atoms. The van der Waals surface area contributed by atoms with E-state index in [-0.39, 0.29) is 62.4 Å². The van der Waals surface area contributed by atoms with E-state index in [4.69, 9.17) is 9.47 Å². The molecule has 1 aliphatic carbocycles. The van der Waals surface area contributed by atoms with Crippen LogP contribution in [-0.2, 0) is 23.9 Å². The number of ether oxygens (including phenoxy) is 2. The van der Waals surface area contributed by atoms with Gasteiger partial charge in [0, 0.05) is 18.9 Å². The van der Waals surface area contributed by atoms with Crippen molar-refractivity contribution in [1.82, 2.24) is 15.5 Å². The second-order valence-electron chi connectivity index (χ2n) is 12.8. The molecule has 1 fully saturated rings. The van der Waals surface area contributed by atoms with Crippen LogP contribution in [0.4, 0.5) is 4.79 Å². The lowest BCUT2D eigenvalue weighted by atomic mass is 9.96. The zero-order chi connectivity index (χ0) is 32.6. The molecule has 3 amide bonds. The summed E-state index contributed by atoms with van der Waals surface area (Å²) in [5.74, 6) is -1.79. The van der Waals surface area contributed by atoms with Gasteiger partial charge in [0.05, 0.1) is 24.6 Å². The first-order valence-corrected chi connectivity index (χ1v) is 16.4. The average Bonchev–Trinajstić information content (AvgIpc) is 3.66. The zero-order valence-electron chi connectivity index (χ0n) is 26.7. The standard InChI is InChI=1S/C36H45N3O7/c1-23(2)32-22-45-35(43)31(17-5-3-4-11-24(34(42)37-32)19-33(41)39-18-10-12-25(39)20-40)38-36(44)46-21-30-28-15-8-6-13-26(28)27-14-7-9-16-29(27)30/h3-4,6-9,13-16,23-25,30-32,40H,5,10-12,17-22H2,1-2H3,(H,37,42)(H,38,44)/t24-,25+,31+,32-/m1/s1. The summed E-state index contributed by atoms with van der Waals surface area (Å²) in [6.07, 6.45) is 5.69. The summed E-state index contributed by atoms with van der Waals surface area (Å²) >= 11 is 0. The van der Waals surface area contributed by atoms with Gasteiger partial charge in [-0.05, 0) is 60.3 Å². The molecule has 246 valence electrons. The van der Waals surface area contributed by atoms with Crippen molar-refractivity contribution in [3.05, 3.63) is 71.8 Å². The summed E-state index contributed by atoms with van der Waals surface area (Å²) in [5, 5.41) is 15.4. The first-order chi connectivity index (χ1) is 22.3. The van der Waals surface area contributed by atoms with E-state index in [0.717, 1.165) is 35.1 Å². The second-order valence-corrected chi connectivity index (χ2v) is 12.8. The van der Waals surface area contributed by atoms with E-state index in [9.17, 15) is 24.3 Å². The van der Waals surface area contributed by atoms with Crippen molar-refractivity contribution < 1.29 is 33.8 Å². The van der Waals surface area contributed by atoms with E-state index < -0.39 is 30.1 Å². The van der Waals surface area contributed by atoms with Crippen molar-refractivity contribution in [1.29, 1.82) is 0 Å². The zero-order valence-corrected chi connectivity index (χ0v) is 26.7. The first-order valence-electron chi connectivity index (χ1n) is 16.4. The Balaban J connectivity index is 1.22. The second kappa shape index (κ2) is 15.4. The number of esters is 1. The molecular weight excluding hydrogens is 586 g/mol. The number of carbonyl (C=O) groups excluding carboxylic acids is 4. The SMILES string of the molecule is CC(C)[C@H]1COC(=O)[C@@H](NC(=O)OCC2c3ccccc3-c3ccccc32)CCC=CC[C@H](CC(=O)N2CCC[C@H]2CO)C(=O)N1. The molecule has 5 rings (SSSR count). The molecule has 0 aromatic heterocycles. The van der Waals surface area contributed by atoms with Gasteiger partial charge in [0.25, 0.3) is 0 Å². The lowest BCUT2D eigenvalue weighted by molar-refractivity contribution is -0.148. The Hall–Kier alpha value is -4.18. The van der Waals surface area contributed by atoms with Crippen molar-refractivity contribution in [2.75, 3.05) is 26.4 Å². The third kappa shape index (κ3) is 7.78. The number of hydrogen-bond acceptors (Lipinski definition) is 7. The highest BCUT2D eigenvalue weighted by Crippen LogP contribution is 2.44. The number of carbonyl (C=O) groups is 4. The van der Waals surface area contributed by atoms with Crippen molar-refractivity contribution in [3.63, 3.8) is 0 Å². The fourth-order valence-electron chi connectivity index (χ4n) is 6.61. The van der Waals surface area contributed by atoms with Gasteiger partial charge >= 0.3 is 12.1 Å². The Morgan fingerprint density at radius 3 is 2.41 bits per heavy atom. The van der Waals surface area contributed by atoms with Crippen LogP contribution in [0.2, 0.25) is 0 Å². The van der Waals surface area contributed by atoms with Crippen LogP contribution in [0.25, 0.3) is 11.1 Å². The minimum absolute atomic E-state index is 0.0310. The van der Waals surface area contributed by atoms with E-state index >= 15 is 0 Å². The van der Waals surface area contributed by atoms with Gasteiger partial charge in [-0.2, -0.15) is 0 Å². The molecule has 2 heterocycles. The number of alkyl carbamates (subject to hydrolysis) is 1. The van der Waals surface area contributed by atoms with Gasteiger partial charge in [-0.3, -0.25) is 9.59 Å². The number of fused-ring (bicyclic) bond motifs is 3. The normalized spacial score (nSPS) is 23.8. The van der Waals surface area contributed by atoms with Crippen LogP contribution < -0.4 is 10.6 Å². The Morgan fingerprint density at radius 2 is 1.74 bits per heavy atom. The van der Waals surface area contributed by atoms with Gasteiger partial charge in [-0.25, -0.2) is 9.59 Å². The van der Waals surface area contributed by atoms with Gasteiger partial charge in [-0.15, -0.1) is 0 Å². The van der Waals surface area contributed by atoms with Crippen LogP contribution in [0.15, 0.2) is 60.7 Å². The van der Waals surface area contributed by atoms with Crippen LogP contribution >= 0.6 is 0 Å². The molecule has 3 aliphatic rings. The van der Waals surface area contributed by atoms with Gasteiger partial charge in [0.1, 0.15) is 19.3 Å². The number of benzene rings is 2. The van der Waals surface area contributed by atoms with Crippen molar-refractivity contribution in [3.8, 4) is 11.1 Å². The number of aliphatic hydroxyl groups is 1. The van der Waals surface area contributed by atoms with Gasteiger partial charge in [-0.1, -0.05) is 74.5 Å². The van der Waals surface area contributed by atoms with Crippen LogP contribution in [0, 0.1) is 11.8 Å². The first kappa shape index (κ1) is 33.2. The highest BCUT2D eigenvalue weighted by atomic mass is 16.6. The van der Waals surface area contributed by atoms with E-state index in [1.807, 2.05) is 62.4 Å². The number of cyclic esters (lactones) is 1. The maximum Gasteiger partial charge on any atom is 0.407 e. The minimum Gasteiger partial charge on any atom is -0.462 e. The molecule has 3 N–H and O–H groups in total. The van der Waals surface area contributed by atoms with E-state index in [1.165, 1.54) is 0 Å². The fourth-order valence-corrected chi connectivity index (χ4v) is 6.61. The Kier molecular flexibility index (Phi) is 11.1. The van der Waals surface area contributed by atoms with Crippen molar-refractivity contribution in [2.45, 2.75) is 76.4 Å². The van der Waals surface area contributed by atoms with Gasteiger partial charge < -0.3 is 30.1 Å². The van der Waals surface area contributed by atoms with Crippen molar-refractivity contribution in [2.24, 2.45) is 11.8 Å². The lowest BCUT2D eigenvalue weighted by Crippen LogP contribution is -2.48. The van der Waals surface area contributed by atoms with E-state index in [0.29, 0.717) is 19.4 Å². The highest BCUT2D eigenvalue weighted by Gasteiger charge is 2.33. The molecule has 2 aliphatic heterocycles. The average molecular weight is 632 g/mol. The molecule has 1 saturated heterocycles. The largest absolute Gasteiger partial charge is 0.462 e. The Labute approximate surface area is 270 Å². The van der Waals surface area contributed by atoms with E-state index in [2.05, 4.69) is 22.8 Å². The molecule has 2 aromatic rings. The molecule has 2 aromatic carbocycles. The third-order valence-electron chi connectivity index (χ3n) is 9.37. The number of hydrogen-bond donors (Lipinski definition) is 3. The van der Waals surface area contributed by atoms with Crippen molar-refractivity contribution >= 4 is 23.9 Å². The Bertz CT molecular complexity index is 1390. The molecule has 4 atom stereocenters. The number of nitrogens with zero attached hydrogens (tertiary/aromatic N) is 1. The van der Waals surface area contributed by atoms with Crippen LogP contribution in [0.1, 0.15) is 69.4 Å².